The minimum absolute atomic E-state index is 0.00624. The summed E-state index contributed by atoms with van der Waals surface area (Å²) >= 11 is 3.51. The standard InChI is InChI=1S/C24H38N4O4S2/c1-16(2)33-10-8-25-22(30)20-12-19(15-28-24(32)27-7-6-18(5)29)13-21(14-20)23(31)26-9-11-34-17(3)4/h12-14,16-17H,6-11,15H2,1-5H3,(H,25,30)(H,26,31)(H2,27,28,32). The van der Waals surface area contributed by atoms with Crippen molar-refractivity contribution >= 4 is 47.2 Å². The van der Waals surface area contributed by atoms with Crippen LogP contribution in [0.4, 0.5) is 4.79 Å². The van der Waals surface area contributed by atoms with Crippen LogP contribution in [0, 0.1) is 0 Å². The molecule has 0 aromatic heterocycles. The van der Waals surface area contributed by atoms with Gasteiger partial charge in [0.1, 0.15) is 5.78 Å². The van der Waals surface area contributed by atoms with Crippen molar-refractivity contribution in [3.63, 3.8) is 0 Å². The summed E-state index contributed by atoms with van der Waals surface area (Å²) in [6, 6.07) is 4.50. The molecule has 0 aliphatic heterocycles. The Hall–Kier alpha value is -2.20. The van der Waals surface area contributed by atoms with Crippen LogP contribution in [-0.4, -0.2) is 65.3 Å². The highest BCUT2D eigenvalue weighted by Gasteiger charge is 2.14. The van der Waals surface area contributed by atoms with Crippen LogP contribution in [0.5, 0.6) is 0 Å². The maximum Gasteiger partial charge on any atom is 0.315 e. The Morgan fingerprint density at radius 2 is 1.24 bits per heavy atom. The third kappa shape index (κ3) is 13.5. The molecule has 4 amide bonds. The van der Waals surface area contributed by atoms with E-state index in [-0.39, 0.29) is 37.1 Å². The Balaban J connectivity index is 2.85. The lowest BCUT2D eigenvalue weighted by Crippen LogP contribution is -2.36. The topological polar surface area (TPSA) is 116 Å². The van der Waals surface area contributed by atoms with Crippen molar-refractivity contribution in [3.05, 3.63) is 34.9 Å². The molecule has 1 aromatic carbocycles. The number of benzene rings is 1. The molecule has 0 aliphatic carbocycles. The van der Waals surface area contributed by atoms with Gasteiger partial charge < -0.3 is 21.3 Å². The molecule has 0 spiro atoms. The first-order chi connectivity index (χ1) is 16.1. The molecule has 0 radical (unpaired) electrons. The third-order valence-corrected chi connectivity index (χ3v) is 6.62. The zero-order valence-corrected chi connectivity index (χ0v) is 22.4. The lowest BCUT2D eigenvalue weighted by Gasteiger charge is -2.13. The number of rotatable bonds is 15. The van der Waals surface area contributed by atoms with Gasteiger partial charge in [0.05, 0.1) is 0 Å². The monoisotopic (exact) mass is 510 g/mol. The van der Waals surface area contributed by atoms with Crippen LogP contribution in [0.3, 0.4) is 0 Å². The first kappa shape index (κ1) is 29.8. The third-order valence-electron chi connectivity index (χ3n) is 4.41. The van der Waals surface area contributed by atoms with Gasteiger partial charge in [0.2, 0.25) is 0 Å². The van der Waals surface area contributed by atoms with Gasteiger partial charge in [0, 0.05) is 55.2 Å². The molecular formula is C24H38N4O4S2. The zero-order chi connectivity index (χ0) is 25.5. The molecule has 190 valence electrons. The minimum atomic E-state index is -0.418. The Bertz CT molecular complexity index is 785. The Morgan fingerprint density at radius 1 is 0.735 bits per heavy atom. The summed E-state index contributed by atoms with van der Waals surface area (Å²) in [5.41, 5.74) is 1.37. The number of ketones is 1. The average Bonchev–Trinajstić information content (AvgIpc) is 2.77. The van der Waals surface area contributed by atoms with E-state index in [2.05, 4.69) is 49.0 Å². The van der Waals surface area contributed by atoms with Gasteiger partial charge in [-0.3, -0.25) is 14.4 Å². The van der Waals surface area contributed by atoms with Gasteiger partial charge in [0.25, 0.3) is 11.8 Å². The largest absolute Gasteiger partial charge is 0.351 e. The van der Waals surface area contributed by atoms with Gasteiger partial charge in [-0.25, -0.2) is 4.79 Å². The van der Waals surface area contributed by atoms with Crippen LogP contribution >= 0.6 is 23.5 Å². The highest BCUT2D eigenvalue weighted by molar-refractivity contribution is 8.00. The molecule has 4 N–H and O–H groups in total. The molecule has 0 unspecified atom stereocenters. The Kier molecular flexibility index (Phi) is 14.4. The van der Waals surface area contributed by atoms with E-state index >= 15 is 0 Å². The molecule has 34 heavy (non-hydrogen) atoms. The number of hydrogen-bond donors (Lipinski definition) is 4. The second-order valence-electron chi connectivity index (χ2n) is 8.33. The molecule has 0 atom stereocenters. The predicted molar refractivity (Wildman–Crippen MR) is 142 cm³/mol. The molecule has 10 heteroatoms. The molecule has 8 nitrogen and oxygen atoms in total. The summed E-state index contributed by atoms with van der Waals surface area (Å²) in [5, 5.41) is 12.1. The van der Waals surface area contributed by atoms with E-state index in [0.717, 1.165) is 11.5 Å². The highest BCUT2D eigenvalue weighted by atomic mass is 32.2. The number of carbonyl (C=O) groups is 4. The fourth-order valence-electron chi connectivity index (χ4n) is 2.78. The fraction of sp³-hybridized carbons (Fsp3) is 0.583. The normalized spacial score (nSPS) is 10.8. The van der Waals surface area contributed by atoms with Crippen molar-refractivity contribution in [3.8, 4) is 0 Å². The second-order valence-corrected chi connectivity index (χ2v) is 11.7. The van der Waals surface area contributed by atoms with Gasteiger partial charge >= 0.3 is 6.03 Å². The van der Waals surface area contributed by atoms with Gasteiger partial charge in [-0.15, -0.1) is 0 Å². The van der Waals surface area contributed by atoms with E-state index in [1.165, 1.54) is 6.92 Å². The Morgan fingerprint density at radius 3 is 1.68 bits per heavy atom. The van der Waals surface area contributed by atoms with Crippen LogP contribution < -0.4 is 21.3 Å². The smallest absolute Gasteiger partial charge is 0.315 e. The van der Waals surface area contributed by atoms with Crippen LogP contribution in [0.15, 0.2) is 18.2 Å². The van der Waals surface area contributed by atoms with Gasteiger partial charge in [0.15, 0.2) is 0 Å². The number of thioether (sulfide) groups is 2. The summed E-state index contributed by atoms with van der Waals surface area (Å²) in [4.78, 5) is 48.4. The first-order valence-corrected chi connectivity index (χ1v) is 13.6. The van der Waals surface area contributed by atoms with Crippen molar-refractivity contribution in [2.75, 3.05) is 31.1 Å². The van der Waals surface area contributed by atoms with Crippen molar-refractivity contribution in [2.24, 2.45) is 0 Å². The van der Waals surface area contributed by atoms with Gasteiger partial charge in [-0.2, -0.15) is 23.5 Å². The fourth-order valence-corrected chi connectivity index (χ4v) is 4.16. The van der Waals surface area contributed by atoms with Crippen LogP contribution in [0.2, 0.25) is 0 Å². The van der Waals surface area contributed by atoms with E-state index in [4.69, 9.17) is 0 Å². The second kappa shape index (κ2) is 16.4. The number of Topliss-reactive ketones (excluding diaryl/α,β-unsaturated/α-hetero) is 1. The molecule has 0 fully saturated rings. The molecule has 0 saturated heterocycles. The van der Waals surface area contributed by atoms with Crippen molar-refractivity contribution < 1.29 is 19.2 Å². The van der Waals surface area contributed by atoms with Crippen LogP contribution in [0.1, 0.15) is 67.3 Å². The molecule has 0 aliphatic rings. The molecule has 0 heterocycles. The summed E-state index contributed by atoms with van der Waals surface area (Å²) in [6.07, 6.45) is 0.261. The summed E-state index contributed by atoms with van der Waals surface area (Å²) in [5.74, 6) is 1.06. The van der Waals surface area contributed by atoms with E-state index in [1.54, 1.807) is 41.7 Å². The van der Waals surface area contributed by atoms with E-state index < -0.39 is 6.03 Å². The lowest BCUT2D eigenvalue weighted by atomic mass is 10.0. The van der Waals surface area contributed by atoms with Crippen LogP contribution in [-0.2, 0) is 11.3 Å². The SMILES string of the molecule is CC(=O)CCNC(=O)NCc1cc(C(=O)NCCSC(C)C)cc(C(=O)NCCSC(C)C)c1. The van der Waals surface area contributed by atoms with E-state index in [9.17, 15) is 19.2 Å². The molecule has 0 bridgehead atoms. The first-order valence-electron chi connectivity index (χ1n) is 11.5. The van der Waals surface area contributed by atoms with Gasteiger partial charge in [-0.1, -0.05) is 27.7 Å². The molecular weight excluding hydrogens is 472 g/mol. The summed E-state index contributed by atoms with van der Waals surface area (Å²) in [7, 11) is 0. The predicted octanol–water partition coefficient (Wildman–Crippen LogP) is 3.21. The average molecular weight is 511 g/mol. The molecule has 1 rings (SSSR count). The van der Waals surface area contributed by atoms with E-state index in [0.29, 0.717) is 40.3 Å². The maximum atomic E-state index is 12.7. The van der Waals surface area contributed by atoms with Crippen molar-refractivity contribution in [2.45, 2.75) is 58.1 Å². The Labute approximate surface area is 211 Å². The number of carbonyl (C=O) groups excluding carboxylic acids is 4. The van der Waals surface area contributed by atoms with Crippen molar-refractivity contribution in [1.29, 1.82) is 0 Å². The quantitative estimate of drug-likeness (QED) is 0.269. The maximum absolute atomic E-state index is 12.7. The zero-order valence-electron chi connectivity index (χ0n) is 20.8. The van der Waals surface area contributed by atoms with E-state index in [1.807, 2.05) is 0 Å². The summed E-state index contributed by atoms with van der Waals surface area (Å²) in [6.45, 7) is 11.3. The van der Waals surface area contributed by atoms with Crippen molar-refractivity contribution in [1.82, 2.24) is 21.3 Å². The van der Waals surface area contributed by atoms with Crippen LogP contribution in [0.25, 0.3) is 0 Å². The lowest BCUT2D eigenvalue weighted by molar-refractivity contribution is -0.116. The number of amides is 4. The summed E-state index contributed by atoms with van der Waals surface area (Å²) < 4.78 is 0. The molecule has 1 aromatic rings. The minimum Gasteiger partial charge on any atom is -0.351 e. The number of hydrogen-bond acceptors (Lipinski definition) is 6. The number of urea groups is 1. The highest BCUT2D eigenvalue weighted by Crippen LogP contribution is 2.13. The molecule has 0 saturated carbocycles. The number of nitrogens with one attached hydrogen (secondary N) is 4. The van der Waals surface area contributed by atoms with Gasteiger partial charge in [-0.05, 0) is 41.2 Å².